The Labute approximate surface area is 111 Å². The van der Waals surface area contributed by atoms with Gasteiger partial charge in [0.15, 0.2) is 0 Å². The van der Waals surface area contributed by atoms with Gasteiger partial charge in [-0.2, -0.15) is 0 Å². The summed E-state index contributed by atoms with van der Waals surface area (Å²) in [5.74, 6) is 0.907. The van der Waals surface area contributed by atoms with Crippen molar-refractivity contribution in [3.63, 3.8) is 0 Å². The Bertz CT molecular complexity index is 289. The lowest BCUT2D eigenvalue weighted by atomic mass is 10.1. The van der Waals surface area contributed by atoms with Crippen molar-refractivity contribution in [2.75, 3.05) is 33.7 Å². The number of hydrogen-bond donors (Lipinski definition) is 1. The third-order valence-electron chi connectivity index (χ3n) is 4.37. The van der Waals surface area contributed by atoms with E-state index in [0.29, 0.717) is 17.9 Å². The van der Waals surface area contributed by atoms with E-state index in [1.807, 2.05) is 7.05 Å². The summed E-state index contributed by atoms with van der Waals surface area (Å²) in [6, 6.07) is 0.520. The van der Waals surface area contributed by atoms with Crippen LogP contribution in [0.15, 0.2) is 0 Å². The number of carbonyl (C=O) groups is 1. The Morgan fingerprint density at radius 1 is 1.28 bits per heavy atom. The highest BCUT2D eigenvalue weighted by atomic mass is 16.2. The molecule has 1 N–H and O–H groups in total. The largest absolute Gasteiger partial charge is 0.338 e. The minimum absolute atomic E-state index is 0.0144. The van der Waals surface area contributed by atoms with E-state index in [1.165, 1.54) is 25.7 Å². The molecule has 2 fully saturated rings. The molecule has 2 aliphatic rings. The van der Waals surface area contributed by atoms with Gasteiger partial charge in [-0.15, -0.1) is 0 Å². The SMILES string of the molecule is CNCC1C(=O)N(C2CCCC2)CC(C)CN1C. The molecule has 4 heteroatoms. The van der Waals surface area contributed by atoms with Crippen LogP contribution in [-0.2, 0) is 4.79 Å². The molecule has 0 spiro atoms. The first-order valence-corrected chi connectivity index (χ1v) is 7.28. The van der Waals surface area contributed by atoms with Gasteiger partial charge in [-0.3, -0.25) is 9.69 Å². The van der Waals surface area contributed by atoms with Crippen LogP contribution in [0, 0.1) is 5.92 Å². The second-order valence-corrected chi connectivity index (χ2v) is 6.05. The van der Waals surface area contributed by atoms with Crippen LogP contribution < -0.4 is 5.32 Å². The molecule has 0 radical (unpaired) electrons. The van der Waals surface area contributed by atoms with Crippen LogP contribution in [0.1, 0.15) is 32.6 Å². The zero-order valence-electron chi connectivity index (χ0n) is 12.0. The molecule has 0 bridgehead atoms. The Kier molecular flexibility index (Phi) is 4.62. The quantitative estimate of drug-likeness (QED) is 0.812. The van der Waals surface area contributed by atoms with Crippen LogP contribution in [0.2, 0.25) is 0 Å². The summed E-state index contributed by atoms with van der Waals surface area (Å²) in [7, 11) is 4.00. The number of hydrogen-bond acceptors (Lipinski definition) is 3. The number of nitrogens with one attached hydrogen (secondary N) is 1. The average molecular weight is 253 g/mol. The summed E-state index contributed by atoms with van der Waals surface area (Å²) in [5, 5.41) is 3.16. The minimum Gasteiger partial charge on any atom is -0.338 e. The van der Waals surface area contributed by atoms with Crippen molar-refractivity contribution in [2.45, 2.75) is 44.7 Å². The molecule has 1 aliphatic heterocycles. The fourth-order valence-corrected chi connectivity index (χ4v) is 3.46. The van der Waals surface area contributed by atoms with Gasteiger partial charge < -0.3 is 10.2 Å². The summed E-state index contributed by atoms with van der Waals surface area (Å²) < 4.78 is 0. The van der Waals surface area contributed by atoms with Gasteiger partial charge in [-0.1, -0.05) is 19.8 Å². The van der Waals surface area contributed by atoms with Crippen molar-refractivity contribution in [3.8, 4) is 0 Å². The number of nitrogens with zero attached hydrogens (tertiary/aromatic N) is 2. The molecule has 1 saturated heterocycles. The summed E-state index contributed by atoms with van der Waals surface area (Å²) in [5.41, 5.74) is 0. The molecule has 2 rings (SSSR count). The molecule has 4 nitrogen and oxygen atoms in total. The van der Waals surface area contributed by atoms with Gasteiger partial charge in [0, 0.05) is 25.7 Å². The first-order valence-electron chi connectivity index (χ1n) is 7.28. The molecule has 2 atom stereocenters. The topological polar surface area (TPSA) is 35.6 Å². The maximum Gasteiger partial charge on any atom is 0.241 e. The van der Waals surface area contributed by atoms with E-state index < -0.39 is 0 Å². The molecule has 2 unspecified atom stereocenters. The van der Waals surface area contributed by atoms with E-state index >= 15 is 0 Å². The van der Waals surface area contributed by atoms with Crippen LogP contribution in [-0.4, -0.2) is 61.5 Å². The molecule has 1 aliphatic carbocycles. The monoisotopic (exact) mass is 253 g/mol. The molecule has 1 heterocycles. The van der Waals surface area contributed by atoms with Gasteiger partial charge >= 0.3 is 0 Å². The predicted molar refractivity (Wildman–Crippen MR) is 73.5 cm³/mol. The zero-order chi connectivity index (χ0) is 13.1. The number of carbonyl (C=O) groups excluding carboxylic acids is 1. The first kappa shape index (κ1) is 13.8. The van der Waals surface area contributed by atoms with Crippen molar-refractivity contribution in [1.29, 1.82) is 0 Å². The van der Waals surface area contributed by atoms with Crippen LogP contribution in [0.25, 0.3) is 0 Å². The van der Waals surface area contributed by atoms with Crippen LogP contribution in [0.5, 0.6) is 0 Å². The average Bonchev–Trinajstić information content (AvgIpc) is 2.82. The number of amides is 1. The lowest BCUT2D eigenvalue weighted by molar-refractivity contribution is -0.137. The van der Waals surface area contributed by atoms with Crippen molar-refractivity contribution in [1.82, 2.24) is 15.1 Å². The molecule has 1 amide bonds. The third-order valence-corrected chi connectivity index (χ3v) is 4.37. The van der Waals surface area contributed by atoms with Crippen LogP contribution in [0.3, 0.4) is 0 Å². The highest BCUT2D eigenvalue weighted by Crippen LogP contribution is 2.27. The Hall–Kier alpha value is -0.610. The first-order chi connectivity index (χ1) is 8.63. The molecule has 104 valence electrons. The lowest BCUT2D eigenvalue weighted by Gasteiger charge is -2.32. The summed E-state index contributed by atoms with van der Waals surface area (Å²) in [6.45, 7) is 4.97. The van der Waals surface area contributed by atoms with Crippen molar-refractivity contribution >= 4 is 5.91 Å². The molecule has 0 aromatic rings. The minimum atomic E-state index is 0.0144. The van der Waals surface area contributed by atoms with E-state index in [9.17, 15) is 4.79 Å². The van der Waals surface area contributed by atoms with E-state index in [1.54, 1.807) is 0 Å². The van der Waals surface area contributed by atoms with Gasteiger partial charge in [0.2, 0.25) is 5.91 Å². The Morgan fingerprint density at radius 3 is 2.56 bits per heavy atom. The lowest BCUT2D eigenvalue weighted by Crippen LogP contribution is -2.51. The molecule has 18 heavy (non-hydrogen) atoms. The van der Waals surface area contributed by atoms with Gasteiger partial charge in [0.1, 0.15) is 6.04 Å². The smallest absolute Gasteiger partial charge is 0.241 e. The summed E-state index contributed by atoms with van der Waals surface area (Å²) in [6.07, 6.45) is 4.98. The maximum absolute atomic E-state index is 12.7. The van der Waals surface area contributed by atoms with E-state index in [2.05, 4.69) is 29.1 Å². The number of rotatable bonds is 3. The van der Waals surface area contributed by atoms with Gasteiger partial charge in [-0.25, -0.2) is 0 Å². The summed E-state index contributed by atoms with van der Waals surface area (Å²) >= 11 is 0. The zero-order valence-corrected chi connectivity index (χ0v) is 12.0. The molecule has 0 aromatic carbocycles. The standard InChI is InChI=1S/C14H27N3O/c1-11-9-16(3)13(8-15-2)14(18)17(10-11)12-6-4-5-7-12/h11-13,15H,4-10H2,1-3H3. The van der Waals surface area contributed by atoms with Gasteiger partial charge in [-0.05, 0) is 32.9 Å². The molecule has 1 saturated carbocycles. The summed E-state index contributed by atoms with van der Waals surface area (Å²) in [4.78, 5) is 17.1. The van der Waals surface area contributed by atoms with E-state index in [0.717, 1.165) is 19.6 Å². The normalized spacial score (nSPS) is 31.9. The molecular weight excluding hydrogens is 226 g/mol. The highest BCUT2D eigenvalue weighted by molar-refractivity contribution is 5.82. The maximum atomic E-state index is 12.7. The second kappa shape index (κ2) is 6.02. The Balaban J connectivity index is 2.14. The van der Waals surface area contributed by atoms with Crippen molar-refractivity contribution in [2.24, 2.45) is 5.92 Å². The van der Waals surface area contributed by atoms with Crippen molar-refractivity contribution < 1.29 is 4.79 Å². The van der Waals surface area contributed by atoms with Gasteiger partial charge in [0.05, 0.1) is 0 Å². The predicted octanol–water partition coefficient (Wildman–Crippen LogP) is 0.927. The number of likely N-dealkylation sites (N-methyl/N-ethyl adjacent to an activating group) is 2. The third kappa shape index (κ3) is 2.86. The molecule has 0 aromatic heterocycles. The van der Waals surface area contributed by atoms with Gasteiger partial charge in [0.25, 0.3) is 0 Å². The highest BCUT2D eigenvalue weighted by Gasteiger charge is 2.36. The Morgan fingerprint density at radius 2 is 1.94 bits per heavy atom. The molecular formula is C14H27N3O. The second-order valence-electron chi connectivity index (χ2n) is 6.05. The van der Waals surface area contributed by atoms with Crippen LogP contribution >= 0.6 is 0 Å². The van der Waals surface area contributed by atoms with E-state index in [4.69, 9.17) is 0 Å². The fraction of sp³-hybridized carbons (Fsp3) is 0.929. The fourth-order valence-electron chi connectivity index (χ4n) is 3.46. The van der Waals surface area contributed by atoms with Crippen molar-refractivity contribution in [3.05, 3.63) is 0 Å². The van der Waals surface area contributed by atoms with E-state index in [-0.39, 0.29) is 6.04 Å². The van der Waals surface area contributed by atoms with Crippen LogP contribution in [0.4, 0.5) is 0 Å².